The van der Waals surface area contributed by atoms with Crippen LogP contribution < -0.4 is 11.5 Å². The zero-order valence-corrected chi connectivity index (χ0v) is 26.6. The topological polar surface area (TPSA) is 228 Å². The Hall–Kier alpha value is -2.98. The fourth-order valence-corrected chi connectivity index (χ4v) is 5.37. The van der Waals surface area contributed by atoms with Crippen molar-refractivity contribution in [1.29, 1.82) is 0 Å². The molecule has 1 fully saturated rings. The van der Waals surface area contributed by atoms with Crippen molar-refractivity contribution < 1.29 is 44.1 Å². The number of hydrogen-bond acceptors (Lipinski definition) is 11. The number of carbonyl (C=O) groups is 6. The lowest BCUT2D eigenvalue weighted by Gasteiger charge is -2.32. The zero-order chi connectivity index (χ0) is 33.6. The number of primary amides is 1. The zero-order valence-electron chi connectivity index (χ0n) is 26.6. The number of aliphatic carboxylic acids is 3. The number of nitrogens with two attached hydrogens (primary N) is 2. The van der Waals surface area contributed by atoms with E-state index in [1.165, 1.54) is 0 Å². The molecule has 15 heteroatoms. The number of carboxylic acid groups (broad SMARTS) is 3. The lowest BCUT2D eigenvalue weighted by molar-refractivity contribution is -0.140. The van der Waals surface area contributed by atoms with Crippen molar-refractivity contribution in [3.8, 4) is 0 Å². The van der Waals surface area contributed by atoms with Crippen LogP contribution in [0, 0.1) is 5.92 Å². The van der Waals surface area contributed by atoms with E-state index >= 15 is 0 Å². The third-order valence-corrected chi connectivity index (χ3v) is 7.95. The highest BCUT2D eigenvalue weighted by Gasteiger charge is 2.22. The second-order valence-corrected chi connectivity index (χ2v) is 11.9. The molecule has 45 heavy (non-hydrogen) atoms. The molecule has 15 nitrogen and oxygen atoms in total. The second-order valence-electron chi connectivity index (χ2n) is 11.9. The van der Waals surface area contributed by atoms with Gasteiger partial charge in [-0.2, -0.15) is 0 Å². The average Bonchev–Trinajstić information content (AvgIpc) is 2.95. The van der Waals surface area contributed by atoms with Crippen molar-refractivity contribution in [2.75, 3.05) is 85.1 Å². The van der Waals surface area contributed by atoms with E-state index in [0.717, 1.165) is 19.3 Å². The number of carbonyl (C=O) groups excluding carboxylic acids is 3. The van der Waals surface area contributed by atoms with Crippen molar-refractivity contribution in [3.05, 3.63) is 0 Å². The molecule has 0 bridgehead atoms. The summed E-state index contributed by atoms with van der Waals surface area (Å²) in [4.78, 5) is 78.2. The van der Waals surface area contributed by atoms with Gasteiger partial charge in [0.1, 0.15) is 11.6 Å². The fourth-order valence-electron chi connectivity index (χ4n) is 5.37. The Morgan fingerprint density at radius 2 is 0.911 bits per heavy atom. The molecule has 1 rings (SSSR count). The van der Waals surface area contributed by atoms with Gasteiger partial charge in [0, 0.05) is 77.5 Å². The summed E-state index contributed by atoms with van der Waals surface area (Å²) >= 11 is 0. The van der Waals surface area contributed by atoms with Crippen LogP contribution >= 0.6 is 0 Å². The Bertz CT molecular complexity index is 919. The van der Waals surface area contributed by atoms with Gasteiger partial charge in [-0.25, -0.2) is 0 Å². The number of nitrogens with zero attached hydrogens (tertiary/aromatic N) is 4. The molecule has 0 radical (unpaired) electrons. The quantitative estimate of drug-likeness (QED) is 0.0944. The van der Waals surface area contributed by atoms with Crippen LogP contribution in [0.4, 0.5) is 0 Å². The molecule has 0 aromatic heterocycles. The lowest BCUT2D eigenvalue weighted by atomic mass is 9.93. The van der Waals surface area contributed by atoms with Gasteiger partial charge in [0.15, 0.2) is 0 Å². The molecule has 1 amide bonds. The summed E-state index contributed by atoms with van der Waals surface area (Å²) in [6, 6.07) is 0. The first-order chi connectivity index (χ1) is 21.4. The Balaban J connectivity index is 2.67. The maximum absolute atomic E-state index is 12.9. The van der Waals surface area contributed by atoms with E-state index in [4.69, 9.17) is 11.5 Å². The summed E-state index contributed by atoms with van der Waals surface area (Å²) in [5, 5.41) is 28.0. The van der Waals surface area contributed by atoms with Crippen molar-refractivity contribution in [1.82, 2.24) is 19.6 Å². The van der Waals surface area contributed by atoms with Gasteiger partial charge in [0.25, 0.3) is 0 Å². The minimum absolute atomic E-state index is 0.00315. The summed E-state index contributed by atoms with van der Waals surface area (Å²) in [7, 11) is 0. The molecule has 0 saturated carbocycles. The molecule has 1 unspecified atom stereocenters. The van der Waals surface area contributed by atoms with Gasteiger partial charge in [-0.15, -0.1) is 0 Å². The Morgan fingerprint density at radius 3 is 1.29 bits per heavy atom. The number of amides is 1. The number of carboxylic acids is 3. The number of hydrogen-bond donors (Lipinski definition) is 5. The van der Waals surface area contributed by atoms with Crippen LogP contribution in [0.1, 0.15) is 64.2 Å². The molecule has 0 spiro atoms. The Morgan fingerprint density at radius 1 is 0.533 bits per heavy atom. The fraction of sp³-hybridized carbons (Fsp3) is 0.800. The predicted octanol–water partition coefficient (Wildman–Crippen LogP) is -0.439. The third-order valence-electron chi connectivity index (χ3n) is 7.95. The molecule has 0 aromatic rings. The summed E-state index contributed by atoms with van der Waals surface area (Å²) in [5.74, 6) is -4.00. The highest BCUT2D eigenvalue weighted by molar-refractivity contribution is 5.86. The van der Waals surface area contributed by atoms with Gasteiger partial charge < -0.3 is 26.8 Å². The van der Waals surface area contributed by atoms with Crippen LogP contribution in [0.25, 0.3) is 0 Å². The number of Topliss-reactive ketones (excluding diaryl/α,β-unsaturated/α-hetero) is 2. The van der Waals surface area contributed by atoms with Crippen molar-refractivity contribution >= 4 is 35.4 Å². The Kier molecular flexibility index (Phi) is 20.8. The predicted molar refractivity (Wildman–Crippen MR) is 167 cm³/mol. The van der Waals surface area contributed by atoms with Crippen molar-refractivity contribution in [3.63, 3.8) is 0 Å². The van der Waals surface area contributed by atoms with Gasteiger partial charge in [-0.05, 0) is 32.2 Å². The van der Waals surface area contributed by atoms with Gasteiger partial charge in [0.05, 0.1) is 26.2 Å². The van der Waals surface area contributed by atoms with Crippen LogP contribution in [0.5, 0.6) is 0 Å². The van der Waals surface area contributed by atoms with E-state index in [2.05, 4.69) is 0 Å². The second kappa shape index (κ2) is 23.4. The standard InChI is InChI=1S/C30H54N6O9/c31-10-6-2-5-8-25(37)19-24(30(32)45)7-3-1-4-9-26(38)20-33-11-13-34(21-27(39)40)15-17-36(23-29(43)44)18-16-35(14-12-33)22-28(41)42/h24H,1-23,31H2,(H2,32,45)(H,39,40)(H,41,42)(H,43,44). The monoisotopic (exact) mass is 642 g/mol. The van der Waals surface area contributed by atoms with E-state index in [-0.39, 0.29) is 44.2 Å². The van der Waals surface area contributed by atoms with Crippen LogP contribution in [-0.4, -0.2) is 155 Å². The first kappa shape index (κ1) is 40.0. The van der Waals surface area contributed by atoms with Crippen LogP contribution in [0.3, 0.4) is 0 Å². The minimum Gasteiger partial charge on any atom is -0.480 e. The van der Waals surface area contributed by atoms with Crippen LogP contribution in [0.2, 0.25) is 0 Å². The smallest absolute Gasteiger partial charge is 0.317 e. The van der Waals surface area contributed by atoms with E-state index in [1.54, 1.807) is 14.7 Å². The molecular formula is C30H54N6O9. The summed E-state index contributed by atoms with van der Waals surface area (Å²) in [5.41, 5.74) is 11.0. The molecule has 1 aliphatic heterocycles. The largest absolute Gasteiger partial charge is 0.480 e. The molecule has 258 valence electrons. The highest BCUT2D eigenvalue weighted by Crippen LogP contribution is 2.17. The van der Waals surface area contributed by atoms with Gasteiger partial charge >= 0.3 is 17.9 Å². The Labute approximate surface area is 265 Å². The normalized spacial score (nSPS) is 17.2. The highest BCUT2D eigenvalue weighted by atomic mass is 16.4. The van der Waals surface area contributed by atoms with E-state index in [9.17, 15) is 44.1 Å². The number of unbranched alkanes of at least 4 members (excludes halogenated alkanes) is 4. The number of ketones is 2. The van der Waals surface area contributed by atoms with E-state index in [1.807, 2.05) is 4.90 Å². The van der Waals surface area contributed by atoms with E-state index < -0.39 is 29.7 Å². The molecule has 0 aliphatic carbocycles. The van der Waals surface area contributed by atoms with E-state index in [0.29, 0.717) is 97.4 Å². The molecule has 0 aromatic carbocycles. The van der Waals surface area contributed by atoms with Gasteiger partial charge in [-0.3, -0.25) is 48.4 Å². The molecule has 1 aliphatic rings. The van der Waals surface area contributed by atoms with Crippen molar-refractivity contribution in [2.45, 2.75) is 64.2 Å². The van der Waals surface area contributed by atoms with Crippen LogP contribution in [-0.2, 0) is 28.8 Å². The van der Waals surface area contributed by atoms with Gasteiger partial charge in [0.2, 0.25) is 5.91 Å². The summed E-state index contributed by atoms with van der Waals surface area (Å²) < 4.78 is 0. The molecule has 7 N–H and O–H groups in total. The maximum atomic E-state index is 12.9. The molecule has 1 saturated heterocycles. The molecule has 1 heterocycles. The molecular weight excluding hydrogens is 588 g/mol. The molecule has 1 atom stereocenters. The summed E-state index contributed by atoms with van der Waals surface area (Å²) in [6.07, 6.45) is 5.84. The average molecular weight is 643 g/mol. The minimum atomic E-state index is -1.02. The first-order valence-corrected chi connectivity index (χ1v) is 16.0. The van der Waals surface area contributed by atoms with Crippen molar-refractivity contribution in [2.24, 2.45) is 17.4 Å². The first-order valence-electron chi connectivity index (χ1n) is 16.0. The lowest BCUT2D eigenvalue weighted by Crippen LogP contribution is -2.49. The summed E-state index contributed by atoms with van der Waals surface area (Å²) in [6.45, 7) is 2.75. The maximum Gasteiger partial charge on any atom is 0.317 e. The van der Waals surface area contributed by atoms with Crippen LogP contribution in [0.15, 0.2) is 0 Å². The number of rotatable bonds is 22. The van der Waals surface area contributed by atoms with Gasteiger partial charge in [-0.1, -0.05) is 19.3 Å². The SMILES string of the molecule is NCCCCCC(=O)CC(CCCCCC(=O)CN1CCN(CC(=O)O)CCN(CC(=O)O)CCN(CC(=O)O)CC1)C(N)=O. The third kappa shape index (κ3) is 20.6.